The first-order valence-corrected chi connectivity index (χ1v) is 5.73. The van der Waals surface area contributed by atoms with Crippen molar-refractivity contribution in [3.63, 3.8) is 0 Å². The molecule has 0 spiro atoms. The maximum absolute atomic E-state index is 11.8. The van der Waals surface area contributed by atoms with Crippen LogP contribution in [0, 0.1) is 0 Å². The molecule has 0 aromatic rings. The first-order valence-electron chi connectivity index (χ1n) is 5.73. The zero-order valence-electron chi connectivity index (χ0n) is 10.2. The van der Waals surface area contributed by atoms with Crippen LogP contribution in [0.3, 0.4) is 0 Å². The Labute approximate surface area is 109 Å². The molecule has 108 valence electrons. The van der Waals surface area contributed by atoms with Crippen molar-refractivity contribution in [3.05, 3.63) is 0 Å². The van der Waals surface area contributed by atoms with Crippen LogP contribution in [-0.4, -0.2) is 71.5 Å². The lowest BCUT2D eigenvalue weighted by molar-refractivity contribution is -0.141. The van der Waals surface area contributed by atoms with Gasteiger partial charge in [0.15, 0.2) is 0 Å². The SMILES string of the molecule is NC(=O)CC(NC(=O)N1CCOC(CO)C1)C(=O)O. The fraction of sp³-hybridized carbons (Fsp3) is 0.700. The summed E-state index contributed by atoms with van der Waals surface area (Å²) >= 11 is 0. The van der Waals surface area contributed by atoms with E-state index in [1.165, 1.54) is 4.90 Å². The van der Waals surface area contributed by atoms with Gasteiger partial charge in [-0.3, -0.25) is 4.79 Å². The molecule has 0 radical (unpaired) electrons. The molecule has 5 N–H and O–H groups in total. The highest BCUT2D eigenvalue weighted by Gasteiger charge is 2.28. The van der Waals surface area contributed by atoms with E-state index in [0.29, 0.717) is 0 Å². The van der Waals surface area contributed by atoms with Gasteiger partial charge in [0.05, 0.1) is 32.3 Å². The molecule has 1 rings (SSSR count). The Morgan fingerprint density at radius 2 is 2.16 bits per heavy atom. The molecule has 19 heavy (non-hydrogen) atoms. The molecular weight excluding hydrogens is 258 g/mol. The average Bonchev–Trinajstić information content (AvgIpc) is 2.37. The number of nitrogens with zero attached hydrogens (tertiary/aromatic N) is 1. The number of ether oxygens (including phenoxy) is 1. The van der Waals surface area contributed by atoms with Gasteiger partial charge >= 0.3 is 12.0 Å². The van der Waals surface area contributed by atoms with Gasteiger partial charge in [0.1, 0.15) is 6.04 Å². The molecule has 0 bridgehead atoms. The van der Waals surface area contributed by atoms with Gasteiger partial charge < -0.3 is 30.9 Å². The van der Waals surface area contributed by atoms with E-state index in [0.717, 1.165) is 0 Å². The van der Waals surface area contributed by atoms with Crippen LogP contribution in [-0.2, 0) is 14.3 Å². The van der Waals surface area contributed by atoms with Gasteiger partial charge in [0.2, 0.25) is 5.91 Å². The van der Waals surface area contributed by atoms with Gasteiger partial charge in [-0.05, 0) is 0 Å². The Hall–Kier alpha value is -1.87. The number of aliphatic hydroxyl groups is 1. The van der Waals surface area contributed by atoms with Crippen LogP contribution in [0.5, 0.6) is 0 Å². The van der Waals surface area contributed by atoms with Crippen LogP contribution >= 0.6 is 0 Å². The number of hydrogen-bond donors (Lipinski definition) is 4. The minimum absolute atomic E-state index is 0.158. The number of carboxylic acid groups (broad SMARTS) is 1. The number of carbonyl (C=O) groups is 3. The number of carboxylic acids is 1. The third-order valence-corrected chi connectivity index (χ3v) is 2.63. The van der Waals surface area contributed by atoms with E-state index >= 15 is 0 Å². The lowest BCUT2D eigenvalue weighted by Gasteiger charge is -2.32. The van der Waals surface area contributed by atoms with Gasteiger partial charge in [-0.15, -0.1) is 0 Å². The number of primary amides is 1. The number of carbonyl (C=O) groups excluding carboxylic acids is 2. The molecule has 1 saturated heterocycles. The molecule has 0 aromatic heterocycles. The van der Waals surface area contributed by atoms with E-state index < -0.39 is 36.5 Å². The smallest absolute Gasteiger partial charge is 0.326 e. The molecule has 1 aliphatic heterocycles. The van der Waals surface area contributed by atoms with Crippen molar-refractivity contribution in [3.8, 4) is 0 Å². The lowest BCUT2D eigenvalue weighted by atomic mass is 10.2. The fourth-order valence-electron chi connectivity index (χ4n) is 1.66. The molecule has 2 atom stereocenters. The lowest BCUT2D eigenvalue weighted by Crippen LogP contribution is -2.54. The highest BCUT2D eigenvalue weighted by molar-refractivity contribution is 5.87. The summed E-state index contributed by atoms with van der Waals surface area (Å²) in [5.41, 5.74) is 4.91. The normalized spacial score (nSPS) is 20.7. The molecule has 9 heteroatoms. The van der Waals surface area contributed by atoms with Crippen LogP contribution in [0.4, 0.5) is 4.79 Å². The van der Waals surface area contributed by atoms with Crippen molar-refractivity contribution in [1.82, 2.24) is 10.2 Å². The van der Waals surface area contributed by atoms with Crippen molar-refractivity contribution in [2.75, 3.05) is 26.3 Å². The van der Waals surface area contributed by atoms with E-state index in [4.69, 9.17) is 20.7 Å². The molecular formula is C10H17N3O6. The number of urea groups is 1. The van der Waals surface area contributed by atoms with Crippen LogP contribution < -0.4 is 11.1 Å². The highest BCUT2D eigenvalue weighted by atomic mass is 16.5. The molecule has 9 nitrogen and oxygen atoms in total. The molecule has 0 aliphatic carbocycles. The van der Waals surface area contributed by atoms with Crippen molar-refractivity contribution < 1.29 is 29.3 Å². The summed E-state index contributed by atoms with van der Waals surface area (Å²) in [4.78, 5) is 34.7. The average molecular weight is 275 g/mol. The predicted molar refractivity (Wildman–Crippen MR) is 62.2 cm³/mol. The van der Waals surface area contributed by atoms with Crippen LogP contribution in [0.15, 0.2) is 0 Å². The molecule has 1 aliphatic rings. The van der Waals surface area contributed by atoms with Crippen LogP contribution in [0.25, 0.3) is 0 Å². The van der Waals surface area contributed by atoms with E-state index in [9.17, 15) is 14.4 Å². The van der Waals surface area contributed by atoms with Crippen molar-refractivity contribution in [2.45, 2.75) is 18.6 Å². The fourth-order valence-corrected chi connectivity index (χ4v) is 1.66. The number of aliphatic carboxylic acids is 1. The number of hydrogen-bond acceptors (Lipinski definition) is 5. The Bertz CT molecular complexity index is 361. The summed E-state index contributed by atoms with van der Waals surface area (Å²) in [6.07, 6.45) is -0.964. The van der Waals surface area contributed by atoms with E-state index in [1.54, 1.807) is 0 Å². The third-order valence-electron chi connectivity index (χ3n) is 2.63. The quantitative estimate of drug-likeness (QED) is 0.445. The number of morpholine rings is 1. The number of aliphatic hydroxyl groups excluding tert-OH is 1. The van der Waals surface area contributed by atoms with Gasteiger partial charge in [0.25, 0.3) is 0 Å². The number of rotatable bonds is 5. The van der Waals surface area contributed by atoms with Gasteiger partial charge in [-0.2, -0.15) is 0 Å². The van der Waals surface area contributed by atoms with Gasteiger partial charge in [-0.25, -0.2) is 9.59 Å². The molecule has 0 saturated carbocycles. The zero-order valence-corrected chi connectivity index (χ0v) is 10.2. The Morgan fingerprint density at radius 1 is 1.47 bits per heavy atom. The van der Waals surface area contributed by atoms with Crippen molar-refractivity contribution in [2.24, 2.45) is 5.73 Å². The number of nitrogens with one attached hydrogen (secondary N) is 1. The predicted octanol–water partition coefficient (Wildman–Crippen LogP) is -2.28. The summed E-state index contributed by atoms with van der Waals surface area (Å²) in [6.45, 7) is 0.468. The van der Waals surface area contributed by atoms with Crippen LogP contribution in [0.2, 0.25) is 0 Å². The molecule has 1 heterocycles. The van der Waals surface area contributed by atoms with Gasteiger partial charge in [0, 0.05) is 6.54 Å². The monoisotopic (exact) mass is 275 g/mol. The van der Waals surface area contributed by atoms with Crippen LogP contribution in [0.1, 0.15) is 6.42 Å². The minimum Gasteiger partial charge on any atom is -0.480 e. The van der Waals surface area contributed by atoms with Crippen molar-refractivity contribution in [1.29, 1.82) is 0 Å². The summed E-state index contributed by atoms with van der Waals surface area (Å²) in [5, 5.41) is 20.0. The molecule has 2 unspecified atom stereocenters. The Morgan fingerprint density at radius 3 is 2.68 bits per heavy atom. The maximum Gasteiger partial charge on any atom is 0.326 e. The van der Waals surface area contributed by atoms with E-state index in [1.807, 2.05) is 0 Å². The summed E-state index contributed by atoms with van der Waals surface area (Å²) in [5.74, 6) is -2.15. The molecule has 3 amide bonds. The van der Waals surface area contributed by atoms with Gasteiger partial charge in [-0.1, -0.05) is 0 Å². The molecule has 1 fully saturated rings. The first kappa shape index (κ1) is 15.2. The third kappa shape index (κ3) is 4.72. The Balaban J connectivity index is 2.56. The molecule has 0 aromatic carbocycles. The second-order valence-corrected chi connectivity index (χ2v) is 4.13. The maximum atomic E-state index is 11.8. The highest BCUT2D eigenvalue weighted by Crippen LogP contribution is 2.05. The number of nitrogens with two attached hydrogens (primary N) is 1. The summed E-state index contributed by atoms with van der Waals surface area (Å²) in [7, 11) is 0. The number of amides is 3. The minimum atomic E-state index is -1.36. The zero-order chi connectivity index (χ0) is 14.4. The standard InChI is InChI=1S/C10H17N3O6/c11-8(15)3-7(9(16)17)12-10(18)13-1-2-19-6(4-13)5-14/h6-7,14H,1-5H2,(H2,11,15)(H,12,18)(H,16,17). The van der Waals surface area contributed by atoms with Crippen molar-refractivity contribution >= 4 is 17.9 Å². The first-order chi connectivity index (χ1) is 8.93. The van der Waals surface area contributed by atoms with E-state index in [2.05, 4.69) is 5.32 Å². The Kier molecular flexibility index (Phi) is 5.52. The topological polar surface area (TPSA) is 142 Å². The second kappa shape index (κ2) is 6.90. The summed E-state index contributed by atoms with van der Waals surface area (Å²) < 4.78 is 5.16. The van der Waals surface area contributed by atoms with E-state index in [-0.39, 0.29) is 26.3 Å². The summed E-state index contributed by atoms with van der Waals surface area (Å²) in [6, 6.07) is -1.99. The largest absolute Gasteiger partial charge is 0.480 e. The second-order valence-electron chi connectivity index (χ2n) is 4.13.